The number of carbonyl (C=O) groups is 1. The van der Waals surface area contributed by atoms with Crippen LogP contribution in [0.25, 0.3) is 0 Å². The van der Waals surface area contributed by atoms with Crippen molar-refractivity contribution < 1.29 is 9.21 Å². The Hall–Kier alpha value is -2.27. The number of nitrogens with one attached hydrogen (secondary N) is 2. The lowest BCUT2D eigenvalue weighted by molar-refractivity contribution is 0.222. The van der Waals surface area contributed by atoms with Crippen molar-refractivity contribution in [3.05, 3.63) is 59.5 Å². The van der Waals surface area contributed by atoms with Crippen LogP contribution in [0.15, 0.2) is 47.1 Å². The lowest BCUT2D eigenvalue weighted by atomic mass is 10.1. The number of furan rings is 1. The highest BCUT2D eigenvalue weighted by Gasteiger charge is 2.24. The largest absolute Gasteiger partial charge is 0.468 e. The van der Waals surface area contributed by atoms with Gasteiger partial charge in [0.2, 0.25) is 0 Å². The minimum atomic E-state index is -0.134. The van der Waals surface area contributed by atoms with E-state index in [2.05, 4.69) is 22.8 Å². The van der Waals surface area contributed by atoms with Gasteiger partial charge in [0.25, 0.3) is 0 Å². The van der Waals surface area contributed by atoms with Crippen LogP contribution in [0.5, 0.6) is 0 Å². The number of likely N-dealkylation sites (N-methyl/N-ethyl adjacent to an activating group) is 1. The Morgan fingerprint density at radius 3 is 2.87 bits per heavy atom. The molecule has 0 saturated carbocycles. The van der Waals surface area contributed by atoms with Crippen LogP contribution in [0.3, 0.4) is 0 Å². The zero-order valence-electron chi connectivity index (χ0n) is 13.6. The Kier molecular flexibility index (Phi) is 4.67. The van der Waals surface area contributed by atoms with Crippen molar-refractivity contribution in [1.82, 2.24) is 15.5 Å². The van der Waals surface area contributed by atoms with E-state index < -0.39 is 0 Å². The minimum Gasteiger partial charge on any atom is -0.468 e. The van der Waals surface area contributed by atoms with Crippen LogP contribution in [-0.4, -0.2) is 31.6 Å². The molecule has 1 aliphatic rings. The molecule has 5 nitrogen and oxygen atoms in total. The molecular formula is C18H23N3O2. The van der Waals surface area contributed by atoms with E-state index in [4.69, 9.17) is 4.42 Å². The normalized spacial score (nSPS) is 17.8. The molecule has 2 amide bonds. The highest BCUT2D eigenvalue weighted by molar-refractivity contribution is 5.74. The van der Waals surface area contributed by atoms with E-state index in [0.717, 1.165) is 18.6 Å². The van der Waals surface area contributed by atoms with Crippen molar-refractivity contribution in [2.24, 2.45) is 0 Å². The van der Waals surface area contributed by atoms with Crippen LogP contribution in [0, 0.1) is 0 Å². The predicted octanol–water partition coefficient (Wildman–Crippen LogP) is 2.87. The van der Waals surface area contributed by atoms with Crippen molar-refractivity contribution in [3.8, 4) is 0 Å². The van der Waals surface area contributed by atoms with Gasteiger partial charge >= 0.3 is 6.03 Å². The number of rotatable bonds is 5. The molecule has 0 spiro atoms. The Balaban J connectivity index is 1.56. The summed E-state index contributed by atoms with van der Waals surface area (Å²) in [7, 11) is 3.94. The smallest absolute Gasteiger partial charge is 0.315 e. The fraction of sp³-hybridized carbons (Fsp3) is 0.389. The standard InChI is InChI=1S/C18H23N3O2/c1-21(2)16(17-8-5-11-23-17)12-19-18(22)20-15-10-9-13-6-3-4-7-14(13)15/h3-8,11,15-16H,9-10,12H2,1-2H3,(H2,19,20,22). The Morgan fingerprint density at radius 2 is 2.13 bits per heavy atom. The predicted molar refractivity (Wildman–Crippen MR) is 89.2 cm³/mol. The first-order chi connectivity index (χ1) is 11.1. The summed E-state index contributed by atoms with van der Waals surface area (Å²) in [6, 6.07) is 12.1. The van der Waals surface area contributed by atoms with Crippen molar-refractivity contribution in [3.63, 3.8) is 0 Å². The summed E-state index contributed by atoms with van der Waals surface area (Å²) in [6.45, 7) is 0.501. The first-order valence-corrected chi connectivity index (χ1v) is 7.97. The molecule has 1 heterocycles. The van der Waals surface area contributed by atoms with E-state index in [1.54, 1.807) is 6.26 Å². The first-order valence-electron chi connectivity index (χ1n) is 7.97. The lowest BCUT2D eigenvalue weighted by Crippen LogP contribution is -2.41. The molecule has 2 aromatic rings. The van der Waals surface area contributed by atoms with Gasteiger partial charge in [0.1, 0.15) is 5.76 Å². The number of nitrogens with zero attached hydrogens (tertiary/aromatic N) is 1. The summed E-state index contributed by atoms with van der Waals surface area (Å²) in [4.78, 5) is 14.3. The van der Waals surface area contributed by atoms with Gasteiger partial charge in [-0.1, -0.05) is 24.3 Å². The maximum Gasteiger partial charge on any atom is 0.315 e. The third kappa shape index (κ3) is 3.56. The van der Waals surface area contributed by atoms with Gasteiger partial charge in [0.05, 0.1) is 18.3 Å². The maximum absolute atomic E-state index is 12.2. The molecule has 2 unspecified atom stereocenters. The fourth-order valence-corrected chi connectivity index (χ4v) is 3.12. The highest BCUT2D eigenvalue weighted by atomic mass is 16.3. The van der Waals surface area contributed by atoms with Gasteiger partial charge in [-0.3, -0.25) is 4.90 Å². The van der Waals surface area contributed by atoms with Crippen LogP contribution in [-0.2, 0) is 6.42 Å². The van der Waals surface area contributed by atoms with E-state index in [-0.39, 0.29) is 18.1 Å². The highest BCUT2D eigenvalue weighted by Crippen LogP contribution is 2.30. The van der Waals surface area contributed by atoms with Crippen LogP contribution < -0.4 is 10.6 Å². The molecule has 122 valence electrons. The SMILES string of the molecule is CN(C)C(CNC(=O)NC1CCc2ccccc21)c1ccco1. The maximum atomic E-state index is 12.2. The van der Waals surface area contributed by atoms with Gasteiger partial charge in [0.15, 0.2) is 0 Å². The molecule has 0 saturated heterocycles. The van der Waals surface area contributed by atoms with Crippen LogP contribution >= 0.6 is 0 Å². The third-order valence-corrected chi connectivity index (χ3v) is 4.39. The lowest BCUT2D eigenvalue weighted by Gasteiger charge is -2.23. The first kappa shape index (κ1) is 15.6. The summed E-state index contributed by atoms with van der Waals surface area (Å²) in [5.41, 5.74) is 2.57. The van der Waals surface area contributed by atoms with Crippen molar-refractivity contribution in [1.29, 1.82) is 0 Å². The molecule has 2 atom stereocenters. The second-order valence-electron chi connectivity index (χ2n) is 6.14. The summed E-state index contributed by atoms with van der Waals surface area (Å²) >= 11 is 0. The topological polar surface area (TPSA) is 57.5 Å². The molecule has 1 aromatic heterocycles. The van der Waals surface area contributed by atoms with Crippen molar-refractivity contribution >= 4 is 6.03 Å². The zero-order chi connectivity index (χ0) is 16.2. The molecule has 1 aliphatic carbocycles. The van der Waals surface area contributed by atoms with Crippen molar-refractivity contribution in [2.45, 2.75) is 24.9 Å². The Bertz CT molecular complexity index is 652. The van der Waals surface area contributed by atoms with E-state index in [0.29, 0.717) is 6.54 Å². The molecule has 5 heteroatoms. The number of fused-ring (bicyclic) bond motifs is 1. The summed E-state index contributed by atoms with van der Waals surface area (Å²) in [6.07, 6.45) is 3.64. The Morgan fingerprint density at radius 1 is 1.30 bits per heavy atom. The number of amides is 2. The van der Waals surface area contributed by atoms with Crippen LogP contribution in [0.1, 0.15) is 35.4 Å². The summed E-state index contributed by atoms with van der Waals surface area (Å²) in [5, 5.41) is 6.03. The zero-order valence-corrected chi connectivity index (χ0v) is 13.6. The molecule has 2 N–H and O–H groups in total. The molecule has 3 rings (SSSR count). The number of carbonyl (C=O) groups excluding carboxylic acids is 1. The van der Waals surface area contributed by atoms with Crippen LogP contribution in [0.4, 0.5) is 4.79 Å². The van der Waals surface area contributed by atoms with E-state index >= 15 is 0 Å². The quantitative estimate of drug-likeness (QED) is 0.892. The number of urea groups is 1. The molecular weight excluding hydrogens is 290 g/mol. The number of hydrogen-bond donors (Lipinski definition) is 2. The summed E-state index contributed by atoms with van der Waals surface area (Å²) < 4.78 is 5.46. The fourth-order valence-electron chi connectivity index (χ4n) is 3.12. The van der Waals surface area contributed by atoms with Gasteiger partial charge in [0, 0.05) is 6.54 Å². The molecule has 0 fully saturated rings. The second kappa shape index (κ2) is 6.87. The Labute approximate surface area is 136 Å². The van der Waals surface area contributed by atoms with Gasteiger partial charge in [-0.05, 0) is 50.2 Å². The van der Waals surface area contributed by atoms with Gasteiger partial charge in [-0.2, -0.15) is 0 Å². The average molecular weight is 313 g/mol. The molecule has 0 bridgehead atoms. The van der Waals surface area contributed by atoms with E-state index in [9.17, 15) is 4.79 Å². The molecule has 0 aliphatic heterocycles. The van der Waals surface area contributed by atoms with E-state index in [1.165, 1.54) is 11.1 Å². The average Bonchev–Trinajstić information content (AvgIpc) is 3.18. The van der Waals surface area contributed by atoms with Gasteiger partial charge in [-0.25, -0.2) is 4.79 Å². The van der Waals surface area contributed by atoms with Crippen molar-refractivity contribution in [2.75, 3.05) is 20.6 Å². The minimum absolute atomic E-state index is 0.0200. The van der Waals surface area contributed by atoms with E-state index in [1.807, 2.05) is 43.3 Å². The van der Waals surface area contributed by atoms with Gasteiger partial charge < -0.3 is 15.1 Å². The molecule has 0 radical (unpaired) electrons. The van der Waals surface area contributed by atoms with Gasteiger partial charge in [-0.15, -0.1) is 0 Å². The molecule has 23 heavy (non-hydrogen) atoms. The van der Waals surface area contributed by atoms with Crippen LogP contribution in [0.2, 0.25) is 0 Å². The third-order valence-electron chi connectivity index (χ3n) is 4.39. The number of hydrogen-bond acceptors (Lipinski definition) is 3. The second-order valence-corrected chi connectivity index (χ2v) is 6.14. The summed E-state index contributed by atoms with van der Waals surface area (Å²) in [5.74, 6) is 0.849. The number of aryl methyl sites for hydroxylation is 1. The molecule has 1 aromatic carbocycles. The number of benzene rings is 1. The monoisotopic (exact) mass is 313 g/mol.